The Kier molecular flexibility index (Phi) is 19.0. The van der Waals surface area contributed by atoms with Crippen LogP contribution >= 0.6 is 0 Å². The van der Waals surface area contributed by atoms with Crippen LogP contribution in [0.15, 0.2) is 97.1 Å². The zero-order valence-corrected chi connectivity index (χ0v) is 48.4. The van der Waals surface area contributed by atoms with E-state index in [1.807, 2.05) is 0 Å². The van der Waals surface area contributed by atoms with Gasteiger partial charge in [-0.25, -0.2) is 0 Å². The molecule has 0 N–H and O–H groups in total. The monoisotopic (exact) mass is 1160 g/mol. The molecule has 8 heterocycles. The second-order valence-corrected chi connectivity index (χ2v) is 32.8. The van der Waals surface area contributed by atoms with Crippen molar-refractivity contribution in [2.75, 3.05) is 210 Å². The fourth-order valence-electron chi connectivity index (χ4n) is 13.8. The van der Waals surface area contributed by atoms with E-state index in [4.69, 9.17) is 37.9 Å². The van der Waals surface area contributed by atoms with Crippen molar-refractivity contribution in [3.8, 4) is 0 Å². The number of nitrogens with zero attached hydrogens (tertiary/aromatic N) is 8. The van der Waals surface area contributed by atoms with Crippen LogP contribution in [0.5, 0.6) is 0 Å². The van der Waals surface area contributed by atoms with Crippen LogP contribution in [-0.2, 0) is 37.9 Å². The molecule has 8 fully saturated rings. The van der Waals surface area contributed by atoms with Crippen molar-refractivity contribution in [3.63, 3.8) is 0 Å². The van der Waals surface area contributed by atoms with E-state index in [2.05, 4.69) is 136 Å². The number of hydrogen-bond donors (Lipinski definition) is 0. The van der Waals surface area contributed by atoms with Gasteiger partial charge in [-0.2, -0.15) is 0 Å². The zero-order chi connectivity index (χ0) is 51.6. The molecule has 0 saturated carbocycles. The van der Waals surface area contributed by atoms with Gasteiger partial charge in [0.25, 0.3) is 0 Å². The molecule has 0 unspecified atom stereocenters. The van der Waals surface area contributed by atoms with E-state index in [1.54, 1.807) is 0 Å². The first-order chi connectivity index (χ1) is 38.2. The summed E-state index contributed by atoms with van der Waals surface area (Å²) in [5, 5.41) is 0. The summed E-state index contributed by atoms with van der Waals surface area (Å²) in [6.07, 6.45) is 0.634. The quantitative estimate of drug-likeness (QED) is 0.152. The molecule has 0 aliphatic carbocycles. The van der Waals surface area contributed by atoms with Crippen LogP contribution in [0.1, 0.15) is 46.9 Å². The summed E-state index contributed by atoms with van der Waals surface area (Å²) in [5.74, 6) is 0. The van der Waals surface area contributed by atoms with E-state index < -0.39 is 18.4 Å². The Morgan fingerprint density at radius 1 is 0.208 bits per heavy atom. The molecule has 4 aromatic carbocycles. The molecule has 77 heavy (non-hydrogen) atoms. The molecule has 8 aliphatic rings. The Balaban J connectivity index is 1.02. The molecule has 16 nitrogen and oxygen atoms in total. The Morgan fingerprint density at radius 3 is 0.468 bits per heavy atom. The number of benzene rings is 4. The number of morpholine rings is 8. The van der Waals surface area contributed by atoms with E-state index in [-0.39, 0.29) is 24.7 Å². The van der Waals surface area contributed by atoms with Gasteiger partial charge in [-0.05, 0) is 0 Å². The van der Waals surface area contributed by atoms with Crippen LogP contribution in [-0.4, -0.2) is 268 Å². The molecule has 0 aromatic heterocycles. The van der Waals surface area contributed by atoms with Crippen molar-refractivity contribution in [1.29, 1.82) is 0 Å². The molecule has 0 amide bonds. The summed E-state index contributed by atoms with van der Waals surface area (Å²) < 4.78 is 53.3. The third kappa shape index (κ3) is 12.3. The van der Waals surface area contributed by atoms with Gasteiger partial charge in [0.15, 0.2) is 0 Å². The van der Waals surface area contributed by atoms with Gasteiger partial charge < -0.3 is 0 Å². The van der Waals surface area contributed by atoms with Crippen molar-refractivity contribution in [3.05, 3.63) is 119 Å². The zero-order valence-electron chi connectivity index (χ0n) is 45.5. The van der Waals surface area contributed by atoms with Crippen molar-refractivity contribution in [2.24, 2.45) is 0 Å². The van der Waals surface area contributed by atoms with Crippen molar-refractivity contribution in [2.45, 2.75) is 24.7 Å². The molecular formula is C60H84N8O8Sn. The third-order valence-electron chi connectivity index (χ3n) is 17.7. The van der Waals surface area contributed by atoms with Crippen LogP contribution in [0.2, 0.25) is 0 Å². The minimum absolute atomic E-state index is 0.159. The average molecular weight is 1160 g/mol. The fraction of sp³-hybridized carbons (Fsp3) is 0.600. The van der Waals surface area contributed by atoms with E-state index in [1.165, 1.54) is 36.6 Å². The van der Waals surface area contributed by atoms with Gasteiger partial charge >= 0.3 is 464 Å². The molecule has 12 rings (SSSR count). The Bertz CT molecular complexity index is 1990. The Labute approximate surface area is 461 Å². The molecular weight excluding hydrogens is 1080 g/mol. The van der Waals surface area contributed by atoms with Crippen molar-refractivity contribution >= 4 is 32.7 Å². The maximum absolute atomic E-state index is 5.93. The SMILES string of the molecule is c1c[c]([Sn]([c]2ccc(C(N3CCOCC3)N3CCOCC3)cc2)([c]2ccc(C(N3CCOCC3)N3CCOCC3)cc2)[c]2ccc(C(N3CCOCC3)N3CCOCC3)cc2)ccc1C(N1CCOCC1)N1CCOCC1. The molecule has 8 saturated heterocycles. The van der Waals surface area contributed by atoms with Gasteiger partial charge in [-0.1, -0.05) is 0 Å². The standard InChI is InChI=1S/4C15H21N2O2.Sn/c4*1-2-4-14(5-3-1)15(16-6-10-18-11-7-16)17-8-12-19-13-9-17;/h4*2-5,15H,6-13H2;. The van der Waals surface area contributed by atoms with E-state index in [9.17, 15) is 0 Å². The first-order valence-corrected chi connectivity index (χ1v) is 34.9. The molecule has 0 bridgehead atoms. The maximum atomic E-state index is 5.93. The van der Waals surface area contributed by atoms with Gasteiger partial charge in [0.05, 0.1) is 0 Å². The van der Waals surface area contributed by atoms with Crippen LogP contribution < -0.4 is 14.3 Å². The fourth-order valence-corrected chi connectivity index (χ4v) is 27.1. The summed E-state index contributed by atoms with van der Waals surface area (Å²) in [4.78, 5) is 21.1. The number of rotatable bonds is 16. The van der Waals surface area contributed by atoms with Gasteiger partial charge in [0.2, 0.25) is 0 Å². The number of ether oxygens (including phenoxy) is 8. The van der Waals surface area contributed by atoms with E-state index >= 15 is 0 Å². The van der Waals surface area contributed by atoms with Crippen LogP contribution in [0.3, 0.4) is 0 Å². The third-order valence-corrected chi connectivity index (χ3v) is 31.4. The predicted octanol–water partition coefficient (Wildman–Crippen LogP) is 1.72. The van der Waals surface area contributed by atoms with Gasteiger partial charge in [-0.3, -0.25) is 0 Å². The molecule has 17 heteroatoms. The van der Waals surface area contributed by atoms with E-state index in [0.29, 0.717) is 0 Å². The molecule has 4 aromatic rings. The van der Waals surface area contributed by atoms with Crippen LogP contribution in [0, 0.1) is 0 Å². The summed E-state index contributed by atoms with van der Waals surface area (Å²) in [7, 11) is 0. The molecule has 0 radical (unpaired) electrons. The van der Waals surface area contributed by atoms with Gasteiger partial charge in [-0.15, -0.1) is 0 Å². The van der Waals surface area contributed by atoms with Crippen molar-refractivity contribution < 1.29 is 37.9 Å². The molecule has 416 valence electrons. The van der Waals surface area contributed by atoms with Crippen LogP contribution in [0.4, 0.5) is 0 Å². The Morgan fingerprint density at radius 2 is 0.338 bits per heavy atom. The molecule has 0 spiro atoms. The van der Waals surface area contributed by atoms with Crippen LogP contribution in [0.25, 0.3) is 0 Å². The first-order valence-electron chi connectivity index (χ1n) is 29.2. The van der Waals surface area contributed by atoms with E-state index in [0.717, 1.165) is 210 Å². The van der Waals surface area contributed by atoms with Gasteiger partial charge in [0.1, 0.15) is 0 Å². The summed E-state index contributed by atoms with van der Waals surface area (Å²) >= 11 is -4.35. The summed E-state index contributed by atoms with van der Waals surface area (Å²) in [6.45, 7) is 26.8. The Hall–Kier alpha value is -2.96. The summed E-state index contributed by atoms with van der Waals surface area (Å²) in [5.41, 5.74) is 5.37. The normalized spacial score (nSPS) is 23.6. The molecule has 0 atom stereocenters. The van der Waals surface area contributed by atoms with Crippen molar-refractivity contribution in [1.82, 2.24) is 39.2 Å². The average Bonchev–Trinajstić information content (AvgIpc) is 3.52. The second kappa shape index (κ2) is 26.7. The molecule has 8 aliphatic heterocycles. The minimum atomic E-state index is -4.35. The number of hydrogen-bond acceptors (Lipinski definition) is 16. The second-order valence-electron chi connectivity index (χ2n) is 21.9. The summed E-state index contributed by atoms with van der Waals surface area (Å²) in [6, 6.07) is 40.3. The predicted molar refractivity (Wildman–Crippen MR) is 300 cm³/mol. The topological polar surface area (TPSA) is 99.8 Å². The van der Waals surface area contributed by atoms with Gasteiger partial charge in [0, 0.05) is 0 Å². The first kappa shape index (κ1) is 54.6.